The zero-order valence-electron chi connectivity index (χ0n) is 15.1. The third-order valence-electron chi connectivity index (χ3n) is 4.47. The van der Waals surface area contributed by atoms with E-state index in [1.54, 1.807) is 30.3 Å². The lowest BCUT2D eigenvalue weighted by Crippen LogP contribution is -2.26. The number of amides is 2. The zero-order valence-corrected chi connectivity index (χ0v) is 15.1. The Bertz CT molecular complexity index is 902. The van der Waals surface area contributed by atoms with E-state index in [9.17, 15) is 9.59 Å². The lowest BCUT2D eigenvalue weighted by Gasteiger charge is -2.11. The van der Waals surface area contributed by atoms with Crippen molar-refractivity contribution in [2.75, 3.05) is 24.0 Å². The Morgan fingerprint density at radius 2 is 1.71 bits per heavy atom. The summed E-state index contributed by atoms with van der Waals surface area (Å²) in [6.45, 7) is 0.843. The molecule has 2 amide bonds. The largest absolute Gasteiger partial charge is 0.454 e. The monoisotopic (exact) mass is 380 g/mol. The van der Waals surface area contributed by atoms with Crippen LogP contribution in [0.2, 0.25) is 0 Å². The molecule has 0 bridgehead atoms. The number of hydrogen-bond donors (Lipinski definition) is 2. The van der Waals surface area contributed by atoms with Crippen LogP contribution in [0.3, 0.4) is 0 Å². The maximum atomic E-state index is 12.1. The molecule has 2 aromatic carbocycles. The quantitative estimate of drug-likeness (QED) is 0.778. The van der Waals surface area contributed by atoms with Crippen LogP contribution >= 0.6 is 0 Å². The minimum Gasteiger partial charge on any atom is -0.454 e. The molecule has 2 heterocycles. The van der Waals surface area contributed by atoms with Crippen LogP contribution in [0.25, 0.3) is 6.08 Å². The molecule has 2 aliphatic heterocycles. The number of benzene rings is 2. The van der Waals surface area contributed by atoms with Crippen LogP contribution in [0.5, 0.6) is 11.5 Å². The Balaban J connectivity index is 1.31. The van der Waals surface area contributed by atoms with Crippen LogP contribution in [-0.2, 0) is 14.3 Å². The predicted molar refractivity (Wildman–Crippen MR) is 104 cm³/mol. The van der Waals surface area contributed by atoms with Crippen LogP contribution in [0.4, 0.5) is 11.4 Å². The third-order valence-corrected chi connectivity index (χ3v) is 4.47. The van der Waals surface area contributed by atoms with Crippen molar-refractivity contribution in [2.45, 2.75) is 18.9 Å². The average molecular weight is 380 g/mol. The molecule has 0 aromatic heterocycles. The Morgan fingerprint density at radius 3 is 2.46 bits per heavy atom. The van der Waals surface area contributed by atoms with Gasteiger partial charge in [-0.2, -0.15) is 0 Å². The summed E-state index contributed by atoms with van der Waals surface area (Å²) >= 11 is 0. The van der Waals surface area contributed by atoms with Crippen molar-refractivity contribution in [3.63, 3.8) is 0 Å². The van der Waals surface area contributed by atoms with Gasteiger partial charge in [0.15, 0.2) is 11.5 Å². The minimum absolute atomic E-state index is 0.138. The molecular formula is C21H20N2O5. The fourth-order valence-electron chi connectivity index (χ4n) is 3.02. The van der Waals surface area contributed by atoms with E-state index >= 15 is 0 Å². The van der Waals surface area contributed by atoms with Gasteiger partial charge in [-0.05, 0) is 60.9 Å². The van der Waals surface area contributed by atoms with Gasteiger partial charge in [-0.1, -0.05) is 6.07 Å². The molecule has 28 heavy (non-hydrogen) atoms. The van der Waals surface area contributed by atoms with Gasteiger partial charge in [-0.25, -0.2) is 0 Å². The van der Waals surface area contributed by atoms with E-state index in [0.29, 0.717) is 29.5 Å². The number of ether oxygens (including phenoxy) is 3. The lowest BCUT2D eigenvalue weighted by atomic mass is 10.2. The smallest absolute Gasteiger partial charge is 0.253 e. The van der Waals surface area contributed by atoms with Gasteiger partial charge < -0.3 is 24.8 Å². The number of carbonyl (C=O) groups excluding carboxylic acids is 2. The van der Waals surface area contributed by atoms with Crippen molar-refractivity contribution in [3.05, 3.63) is 54.1 Å². The van der Waals surface area contributed by atoms with Gasteiger partial charge in [-0.15, -0.1) is 0 Å². The molecule has 2 N–H and O–H groups in total. The maximum absolute atomic E-state index is 12.1. The predicted octanol–water partition coefficient (Wildman–Crippen LogP) is 3.18. The third kappa shape index (κ3) is 4.32. The summed E-state index contributed by atoms with van der Waals surface area (Å²) in [6.07, 6.45) is 4.43. The molecule has 144 valence electrons. The number of anilines is 2. The standard InChI is InChI=1S/C21H20N2O5/c24-20(10-4-14-3-9-17-19(12-14)28-13-27-17)22-15-5-7-16(8-6-15)23-21(25)18-2-1-11-26-18/h3-10,12,18H,1-2,11,13H2,(H,22,24)(H,23,25)/b10-4+/t18-/m1/s1. The van der Waals surface area contributed by atoms with Gasteiger partial charge >= 0.3 is 0 Å². The summed E-state index contributed by atoms with van der Waals surface area (Å²) in [6, 6.07) is 12.4. The van der Waals surface area contributed by atoms with E-state index < -0.39 is 0 Å². The van der Waals surface area contributed by atoms with E-state index in [0.717, 1.165) is 18.4 Å². The highest BCUT2D eigenvalue weighted by Crippen LogP contribution is 2.32. The highest BCUT2D eigenvalue weighted by molar-refractivity contribution is 6.02. The van der Waals surface area contributed by atoms with E-state index in [1.165, 1.54) is 6.08 Å². The number of fused-ring (bicyclic) bond motifs is 1. The summed E-state index contributed by atoms with van der Waals surface area (Å²) in [4.78, 5) is 24.2. The maximum Gasteiger partial charge on any atom is 0.253 e. The van der Waals surface area contributed by atoms with Crippen molar-refractivity contribution >= 4 is 29.3 Å². The minimum atomic E-state index is -0.374. The first-order chi connectivity index (χ1) is 13.7. The Morgan fingerprint density at radius 1 is 0.964 bits per heavy atom. The van der Waals surface area contributed by atoms with Gasteiger partial charge in [-0.3, -0.25) is 9.59 Å². The van der Waals surface area contributed by atoms with Crippen LogP contribution < -0.4 is 20.1 Å². The molecule has 0 unspecified atom stereocenters. The summed E-state index contributed by atoms with van der Waals surface area (Å²) in [5, 5.41) is 5.60. The first-order valence-corrected chi connectivity index (χ1v) is 9.09. The van der Waals surface area contributed by atoms with Gasteiger partial charge in [0.05, 0.1) is 0 Å². The second-order valence-corrected chi connectivity index (χ2v) is 6.50. The molecule has 7 nitrogen and oxygen atoms in total. The van der Waals surface area contributed by atoms with Crippen LogP contribution in [0, 0.1) is 0 Å². The number of rotatable bonds is 5. The average Bonchev–Trinajstić information content (AvgIpc) is 3.39. The Hall–Kier alpha value is -3.32. The van der Waals surface area contributed by atoms with E-state index in [2.05, 4.69) is 10.6 Å². The van der Waals surface area contributed by atoms with Crippen molar-refractivity contribution in [1.82, 2.24) is 0 Å². The highest BCUT2D eigenvalue weighted by Gasteiger charge is 2.23. The first-order valence-electron chi connectivity index (χ1n) is 9.09. The van der Waals surface area contributed by atoms with Gasteiger partial charge in [0.2, 0.25) is 12.7 Å². The first kappa shape index (κ1) is 18.1. The molecule has 4 rings (SSSR count). The fourth-order valence-corrected chi connectivity index (χ4v) is 3.02. The normalized spacial score (nSPS) is 17.6. The van der Waals surface area contributed by atoms with Crippen LogP contribution in [-0.4, -0.2) is 31.3 Å². The summed E-state index contributed by atoms with van der Waals surface area (Å²) < 4.78 is 15.9. The van der Waals surface area contributed by atoms with Gasteiger partial charge in [0.1, 0.15) is 6.10 Å². The van der Waals surface area contributed by atoms with Crippen molar-refractivity contribution < 1.29 is 23.8 Å². The molecule has 1 saturated heterocycles. The molecule has 0 saturated carbocycles. The lowest BCUT2D eigenvalue weighted by molar-refractivity contribution is -0.124. The van der Waals surface area contributed by atoms with Crippen molar-refractivity contribution in [2.24, 2.45) is 0 Å². The molecule has 7 heteroatoms. The molecule has 1 atom stereocenters. The van der Waals surface area contributed by atoms with Crippen LogP contribution in [0.1, 0.15) is 18.4 Å². The second-order valence-electron chi connectivity index (χ2n) is 6.50. The molecular weight excluding hydrogens is 360 g/mol. The van der Waals surface area contributed by atoms with E-state index in [-0.39, 0.29) is 24.7 Å². The SMILES string of the molecule is O=C(/C=C/c1ccc2c(c1)OCO2)Nc1ccc(NC(=O)[C@H]2CCCO2)cc1. The summed E-state index contributed by atoms with van der Waals surface area (Å²) in [5.74, 6) is 0.978. The van der Waals surface area contributed by atoms with Gasteiger partial charge in [0.25, 0.3) is 5.91 Å². The number of hydrogen-bond acceptors (Lipinski definition) is 5. The fraction of sp³-hybridized carbons (Fsp3) is 0.238. The number of nitrogens with one attached hydrogen (secondary N) is 2. The summed E-state index contributed by atoms with van der Waals surface area (Å²) in [7, 11) is 0. The molecule has 2 aliphatic rings. The molecule has 0 aliphatic carbocycles. The zero-order chi connectivity index (χ0) is 19.3. The summed E-state index contributed by atoms with van der Waals surface area (Å²) in [5.41, 5.74) is 2.14. The number of carbonyl (C=O) groups is 2. The molecule has 0 spiro atoms. The Kier molecular flexibility index (Phi) is 5.25. The van der Waals surface area contributed by atoms with E-state index in [1.807, 2.05) is 18.2 Å². The van der Waals surface area contributed by atoms with Gasteiger partial charge in [0, 0.05) is 24.1 Å². The van der Waals surface area contributed by atoms with Crippen LogP contribution in [0.15, 0.2) is 48.5 Å². The Labute approximate surface area is 162 Å². The highest BCUT2D eigenvalue weighted by atomic mass is 16.7. The second kappa shape index (κ2) is 8.14. The molecule has 0 radical (unpaired) electrons. The van der Waals surface area contributed by atoms with Crippen molar-refractivity contribution in [1.29, 1.82) is 0 Å². The topological polar surface area (TPSA) is 85.9 Å². The molecule has 1 fully saturated rings. The molecule has 2 aromatic rings. The van der Waals surface area contributed by atoms with E-state index in [4.69, 9.17) is 14.2 Å². The van der Waals surface area contributed by atoms with Crippen molar-refractivity contribution in [3.8, 4) is 11.5 Å².